The molecule has 0 unspecified atom stereocenters. The molecule has 0 aliphatic carbocycles. The number of carbonyl (C=O) groups is 3. The van der Waals surface area contributed by atoms with Crippen LogP contribution in [0.2, 0.25) is 0 Å². The van der Waals surface area contributed by atoms with Gasteiger partial charge in [-0.2, -0.15) is 0 Å². The molecule has 1 heterocycles. The number of nitrogens with zero attached hydrogens (tertiary/aromatic N) is 1. The molecule has 3 N–H and O–H groups in total. The maximum Gasteiger partial charge on any atom is 0.330 e. The normalized spacial score (nSPS) is 16.1. The zero-order chi connectivity index (χ0) is 21.5. The van der Waals surface area contributed by atoms with E-state index in [0.717, 1.165) is 16.7 Å². The second-order valence-electron chi connectivity index (χ2n) is 7.05. The van der Waals surface area contributed by atoms with Gasteiger partial charge in [-0.25, -0.2) is 4.79 Å². The lowest BCUT2D eigenvalue weighted by atomic mass is 9.93. The molecule has 156 valence electrons. The molecule has 0 spiro atoms. The predicted octanol–water partition coefficient (Wildman–Crippen LogP) is 2.11. The fourth-order valence-corrected chi connectivity index (χ4v) is 3.44. The molecule has 1 atom stereocenters. The minimum Gasteiger partial charge on any atom is -0.463 e. The van der Waals surface area contributed by atoms with Crippen molar-refractivity contribution in [2.24, 2.45) is 5.73 Å². The number of carbonyl (C=O) groups excluding carboxylic acids is 3. The third-order valence-corrected chi connectivity index (χ3v) is 4.91. The summed E-state index contributed by atoms with van der Waals surface area (Å²) < 4.78 is 4.84. The molecule has 0 saturated heterocycles. The first kappa shape index (κ1) is 21.3. The van der Waals surface area contributed by atoms with Gasteiger partial charge in [0.25, 0.3) is 0 Å². The third-order valence-electron chi connectivity index (χ3n) is 4.91. The van der Waals surface area contributed by atoms with Crippen molar-refractivity contribution in [1.29, 1.82) is 0 Å². The number of rotatable bonds is 7. The van der Waals surface area contributed by atoms with Crippen LogP contribution in [0.15, 0.2) is 54.6 Å². The van der Waals surface area contributed by atoms with Crippen molar-refractivity contribution in [2.75, 3.05) is 18.5 Å². The summed E-state index contributed by atoms with van der Waals surface area (Å²) in [5, 5.41) is 2.84. The molecule has 30 heavy (non-hydrogen) atoms. The van der Waals surface area contributed by atoms with Crippen LogP contribution >= 0.6 is 0 Å². The average molecular weight is 407 g/mol. The van der Waals surface area contributed by atoms with Gasteiger partial charge >= 0.3 is 5.97 Å². The van der Waals surface area contributed by atoms with Gasteiger partial charge < -0.3 is 15.8 Å². The van der Waals surface area contributed by atoms with E-state index >= 15 is 0 Å². The van der Waals surface area contributed by atoms with E-state index in [2.05, 4.69) is 5.32 Å². The van der Waals surface area contributed by atoms with Gasteiger partial charge in [0, 0.05) is 18.3 Å². The first-order chi connectivity index (χ1) is 14.5. The van der Waals surface area contributed by atoms with E-state index in [-0.39, 0.29) is 12.5 Å². The van der Waals surface area contributed by atoms with Crippen LogP contribution in [0.3, 0.4) is 0 Å². The summed E-state index contributed by atoms with van der Waals surface area (Å²) in [6.45, 7) is 2.63. The average Bonchev–Trinajstić information content (AvgIpc) is 2.73. The number of hydrogen-bond donors (Lipinski definition) is 2. The topological polar surface area (TPSA) is 102 Å². The fourth-order valence-electron chi connectivity index (χ4n) is 3.44. The Labute approximate surface area is 175 Å². The summed E-state index contributed by atoms with van der Waals surface area (Å²) in [4.78, 5) is 37.6. The number of nitrogens with two attached hydrogens (primary N) is 1. The van der Waals surface area contributed by atoms with Crippen LogP contribution in [0.1, 0.15) is 23.6 Å². The summed E-state index contributed by atoms with van der Waals surface area (Å²) in [5.74, 6) is -1.06. The second-order valence-corrected chi connectivity index (χ2v) is 7.05. The van der Waals surface area contributed by atoms with E-state index in [4.69, 9.17) is 10.5 Å². The lowest BCUT2D eigenvalue weighted by Crippen LogP contribution is -2.50. The molecule has 3 rings (SSSR count). The van der Waals surface area contributed by atoms with Crippen LogP contribution in [0.4, 0.5) is 5.69 Å². The van der Waals surface area contributed by atoms with Crippen molar-refractivity contribution >= 4 is 29.5 Å². The first-order valence-corrected chi connectivity index (χ1v) is 9.81. The van der Waals surface area contributed by atoms with Gasteiger partial charge in [-0.15, -0.1) is 0 Å². The van der Waals surface area contributed by atoms with Crippen molar-refractivity contribution in [3.05, 3.63) is 71.3 Å². The van der Waals surface area contributed by atoms with Gasteiger partial charge in [0.05, 0.1) is 19.2 Å². The summed E-state index contributed by atoms with van der Waals surface area (Å²) in [6, 6.07) is 14.4. The van der Waals surface area contributed by atoms with E-state index < -0.39 is 17.9 Å². The monoisotopic (exact) mass is 407 g/mol. The Morgan fingerprint density at radius 3 is 2.50 bits per heavy atom. The van der Waals surface area contributed by atoms with Gasteiger partial charge in [0.1, 0.15) is 0 Å². The highest BCUT2D eigenvalue weighted by Gasteiger charge is 2.31. The smallest absolute Gasteiger partial charge is 0.330 e. The van der Waals surface area contributed by atoms with Crippen molar-refractivity contribution in [3.8, 4) is 0 Å². The SMILES string of the molecule is CCOC(=O)/C=C/c1ccc(NC(=O)CN2Cc3ccccc3C[C@H]2C(N)=O)cc1. The molecule has 2 aromatic carbocycles. The van der Waals surface area contributed by atoms with Crippen LogP contribution < -0.4 is 11.1 Å². The number of ether oxygens (including phenoxy) is 1. The molecule has 7 heteroatoms. The zero-order valence-electron chi connectivity index (χ0n) is 16.8. The molecule has 0 radical (unpaired) electrons. The predicted molar refractivity (Wildman–Crippen MR) is 114 cm³/mol. The number of primary amides is 1. The third kappa shape index (κ3) is 5.55. The highest BCUT2D eigenvalue weighted by atomic mass is 16.5. The summed E-state index contributed by atoms with van der Waals surface area (Å²) in [6.07, 6.45) is 3.50. The van der Waals surface area contributed by atoms with E-state index in [9.17, 15) is 14.4 Å². The molecule has 1 aliphatic rings. The Bertz CT molecular complexity index is 953. The van der Waals surface area contributed by atoms with Gasteiger partial charge in [-0.3, -0.25) is 14.5 Å². The molecule has 0 bridgehead atoms. The minimum absolute atomic E-state index is 0.0620. The Kier molecular flexibility index (Phi) is 6.98. The van der Waals surface area contributed by atoms with E-state index in [1.54, 1.807) is 42.2 Å². The van der Waals surface area contributed by atoms with Crippen molar-refractivity contribution in [2.45, 2.75) is 25.9 Å². The van der Waals surface area contributed by atoms with Crippen LogP contribution in [-0.4, -0.2) is 41.9 Å². The van der Waals surface area contributed by atoms with Gasteiger partial charge in [0.2, 0.25) is 11.8 Å². The zero-order valence-corrected chi connectivity index (χ0v) is 16.8. The second kappa shape index (κ2) is 9.84. The van der Waals surface area contributed by atoms with E-state index in [1.807, 2.05) is 24.3 Å². The van der Waals surface area contributed by atoms with Gasteiger partial charge in [-0.1, -0.05) is 36.4 Å². The van der Waals surface area contributed by atoms with Crippen LogP contribution in [0, 0.1) is 0 Å². The summed E-state index contributed by atoms with van der Waals surface area (Å²) in [7, 11) is 0. The highest BCUT2D eigenvalue weighted by molar-refractivity contribution is 5.93. The Balaban J connectivity index is 1.60. The van der Waals surface area contributed by atoms with Gasteiger partial charge in [0.15, 0.2) is 0 Å². The largest absolute Gasteiger partial charge is 0.463 e. The Hall–Kier alpha value is -3.45. The Morgan fingerprint density at radius 2 is 1.83 bits per heavy atom. The van der Waals surface area contributed by atoms with Gasteiger partial charge in [-0.05, 0) is 48.2 Å². The number of esters is 1. The molecular weight excluding hydrogens is 382 g/mol. The first-order valence-electron chi connectivity index (χ1n) is 9.81. The molecule has 0 aromatic heterocycles. The molecule has 7 nitrogen and oxygen atoms in total. The standard InChI is InChI=1S/C23H25N3O4/c1-2-30-22(28)12-9-16-7-10-19(11-8-16)25-21(27)15-26-14-18-6-4-3-5-17(18)13-20(26)23(24)29/h3-12,20H,2,13-15H2,1H3,(H2,24,29)(H,25,27)/b12-9+/t20-/m0/s1. The molecule has 0 fully saturated rings. The molecule has 2 amide bonds. The lowest BCUT2D eigenvalue weighted by molar-refractivity contribution is -0.137. The molecule has 2 aromatic rings. The minimum atomic E-state index is -0.513. The molecule has 0 saturated carbocycles. The maximum atomic E-state index is 12.6. The van der Waals surface area contributed by atoms with Crippen LogP contribution in [0.5, 0.6) is 0 Å². The summed E-state index contributed by atoms with van der Waals surface area (Å²) >= 11 is 0. The highest BCUT2D eigenvalue weighted by Crippen LogP contribution is 2.23. The van der Waals surface area contributed by atoms with E-state index in [0.29, 0.717) is 25.3 Å². The molecule has 1 aliphatic heterocycles. The number of benzene rings is 2. The van der Waals surface area contributed by atoms with Crippen molar-refractivity contribution in [1.82, 2.24) is 4.90 Å². The number of amides is 2. The number of anilines is 1. The molecular formula is C23H25N3O4. The number of fused-ring (bicyclic) bond motifs is 1. The number of hydrogen-bond acceptors (Lipinski definition) is 5. The van der Waals surface area contributed by atoms with Crippen LogP contribution in [0.25, 0.3) is 6.08 Å². The van der Waals surface area contributed by atoms with E-state index in [1.165, 1.54) is 6.08 Å². The van der Waals surface area contributed by atoms with Crippen molar-refractivity contribution in [3.63, 3.8) is 0 Å². The maximum absolute atomic E-state index is 12.6. The lowest BCUT2D eigenvalue weighted by Gasteiger charge is -2.34. The Morgan fingerprint density at radius 1 is 1.13 bits per heavy atom. The quantitative estimate of drug-likeness (QED) is 0.541. The number of nitrogens with one attached hydrogen (secondary N) is 1. The van der Waals surface area contributed by atoms with Crippen molar-refractivity contribution < 1.29 is 19.1 Å². The van der Waals surface area contributed by atoms with Crippen LogP contribution in [-0.2, 0) is 32.1 Å². The fraction of sp³-hybridized carbons (Fsp3) is 0.261. The summed E-state index contributed by atoms with van der Waals surface area (Å²) in [5.41, 5.74) is 9.20.